The van der Waals surface area contributed by atoms with Gasteiger partial charge in [-0.1, -0.05) is 42.5 Å². The second-order valence-corrected chi connectivity index (χ2v) is 5.12. The van der Waals surface area contributed by atoms with Gasteiger partial charge in [0.05, 0.1) is 7.05 Å². The molecule has 0 atom stereocenters. The lowest BCUT2D eigenvalue weighted by Gasteiger charge is -2.00. The van der Waals surface area contributed by atoms with Crippen molar-refractivity contribution in [2.75, 3.05) is 0 Å². The van der Waals surface area contributed by atoms with Gasteiger partial charge in [-0.2, -0.15) is 4.57 Å². The quantitative estimate of drug-likeness (QED) is 0.462. The smallest absolute Gasteiger partial charge is 0.232 e. The van der Waals surface area contributed by atoms with Crippen molar-refractivity contribution in [3.8, 4) is 5.69 Å². The van der Waals surface area contributed by atoms with E-state index in [1.165, 1.54) is 27.5 Å². The fourth-order valence-corrected chi connectivity index (χ4v) is 2.80. The number of aromatic nitrogens is 2. The molecule has 0 saturated heterocycles. The van der Waals surface area contributed by atoms with Crippen LogP contribution in [0.4, 0.5) is 0 Å². The highest BCUT2D eigenvalue weighted by Crippen LogP contribution is 2.21. The topological polar surface area (TPSA) is 8.81 Å². The minimum Gasteiger partial charge on any atom is -0.232 e. The highest BCUT2D eigenvalue weighted by molar-refractivity contribution is 5.85. The van der Waals surface area contributed by atoms with Gasteiger partial charge in [0.25, 0.3) is 0 Å². The fraction of sp³-hybridized carbons (Fsp3) is 0.0556. The number of hydrogen-bond donors (Lipinski definition) is 0. The van der Waals surface area contributed by atoms with E-state index >= 15 is 0 Å². The highest BCUT2D eigenvalue weighted by atomic mass is 15.1. The summed E-state index contributed by atoms with van der Waals surface area (Å²) in [5.74, 6) is 0. The van der Waals surface area contributed by atoms with Gasteiger partial charge in [-0.3, -0.25) is 0 Å². The predicted molar refractivity (Wildman–Crippen MR) is 82.0 cm³/mol. The first-order valence-electron chi connectivity index (χ1n) is 6.78. The molecule has 2 nitrogen and oxygen atoms in total. The molecule has 96 valence electrons. The first-order valence-corrected chi connectivity index (χ1v) is 6.78. The van der Waals surface area contributed by atoms with Crippen LogP contribution in [0.25, 0.3) is 27.5 Å². The van der Waals surface area contributed by atoms with E-state index in [2.05, 4.69) is 89.2 Å². The molecule has 0 aliphatic rings. The van der Waals surface area contributed by atoms with Crippen LogP contribution in [-0.2, 0) is 7.05 Å². The Morgan fingerprint density at radius 1 is 0.800 bits per heavy atom. The monoisotopic (exact) mass is 259 g/mol. The molecular formula is C18H15N2+. The molecule has 0 aliphatic carbocycles. The molecule has 0 fully saturated rings. The van der Waals surface area contributed by atoms with Crippen molar-refractivity contribution in [2.24, 2.45) is 7.05 Å². The normalized spacial score (nSPS) is 11.2. The molecule has 1 heterocycles. The average Bonchev–Trinajstić information content (AvgIpc) is 2.85. The van der Waals surface area contributed by atoms with Crippen molar-refractivity contribution in [1.29, 1.82) is 0 Å². The summed E-state index contributed by atoms with van der Waals surface area (Å²) in [6, 6.07) is 23.5. The number of benzene rings is 3. The van der Waals surface area contributed by atoms with Crippen LogP contribution in [0.15, 0.2) is 73.1 Å². The molecule has 0 spiro atoms. The van der Waals surface area contributed by atoms with Crippen LogP contribution in [0.3, 0.4) is 0 Å². The maximum absolute atomic E-state index is 2.24. The number of nitrogens with zero attached hydrogens (tertiary/aromatic N) is 2. The van der Waals surface area contributed by atoms with Crippen molar-refractivity contribution < 1.29 is 4.57 Å². The summed E-state index contributed by atoms with van der Waals surface area (Å²) < 4.78 is 4.40. The van der Waals surface area contributed by atoms with E-state index < -0.39 is 0 Å². The zero-order valence-corrected chi connectivity index (χ0v) is 11.3. The van der Waals surface area contributed by atoms with Gasteiger partial charge >= 0.3 is 0 Å². The molecule has 0 N–H and O–H groups in total. The van der Waals surface area contributed by atoms with E-state index in [1.54, 1.807) is 0 Å². The lowest BCUT2D eigenvalue weighted by Crippen LogP contribution is -2.25. The summed E-state index contributed by atoms with van der Waals surface area (Å²) in [6.07, 6.45) is 2.13. The SMILES string of the molecule is C[n+]1cn(-c2ccc3ccccc3c2)c2ccccc21. The second kappa shape index (κ2) is 4.20. The van der Waals surface area contributed by atoms with Crippen LogP contribution in [-0.4, -0.2) is 4.57 Å². The summed E-state index contributed by atoms with van der Waals surface area (Å²) in [4.78, 5) is 0. The number of para-hydroxylation sites is 2. The van der Waals surface area contributed by atoms with Crippen LogP contribution in [0, 0.1) is 0 Å². The van der Waals surface area contributed by atoms with Gasteiger partial charge in [0.1, 0.15) is 5.69 Å². The van der Waals surface area contributed by atoms with E-state index in [0.717, 1.165) is 0 Å². The van der Waals surface area contributed by atoms with Crippen LogP contribution in [0.1, 0.15) is 0 Å². The maximum atomic E-state index is 2.24. The van der Waals surface area contributed by atoms with E-state index in [0.29, 0.717) is 0 Å². The van der Waals surface area contributed by atoms with Gasteiger partial charge < -0.3 is 0 Å². The standard InChI is InChI=1S/C18H15N2/c1-19-13-20(18-9-5-4-8-17(18)19)16-11-10-14-6-2-3-7-15(14)12-16/h2-13H,1H3/q+1. The lowest BCUT2D eigenvalue weighted by molar-refractivity contribution is -0.645. The van der Waals surface area contributed by atoms with Gasteiger partial charge in [-0.15, -0.1) is 0 Å². The molecule has 0 saturated carbocycles. The van der Waals surface area contributed by atoms with Crippen molar-refractivity contribution in [1.82, 2.24) is 4.57 Å². The van der Waals surface area contributed by atoms with E-state index in [4.69, 9.17) is 0 Å². The summed E-state index contributed by atoms with van der Waals surface area (Å²) in [7, 11) is 2.08. The molecule has 4 aromatic rings. The summed E-state index contributed by atoms with van der Waals surface area (Å²) in [5, 5.41) is 2.54. The Balaban J connectivity index is 2.01. The van der Waals surface area contributed by atoms with Crippen LogP contribution < -0.4 is 4.57 Å². The summed E-state index contributed by atoms with van der Waals surface area (Å²) >= 11 is 0. The number of rotatable bonds is 1. The molecule has 1 aromatic heterocycles. The van der Waals surface area contributed by atoms with Gasteiger partial charge in [-0.25, -0.2) is 4.57 Å². The Morgan fingerprint density at radius 2 is 1.55 bits per heavy atom. The van der Waals surface area contributed by atoms with Crippen molar-refractivity contribution in [3.63, 3.8) is 0 Å². The summed E-state index contributed by atoms with van der Waals surface area (Å²) in [6.45, 7) is 0. The van der Waals surface area contributed by atoms with Gasteiger partial charge in [0.2, 0.25) is 6.33 Å². The first-order chi connectivity index (χ1) is 9.83. The second-order valence-electron chi connectivity index (χ2n) is 5.12. The third-order valence-corrected chi connectivity index (χ3v) is 3.82. The number of aryl methyl sites for hydroxylation is 1. The molecule has 0 unspecified atom stereocenters. The van der Waals surface area contributed by atoms with E-state index in [-0.39, 0.29) is 0 Å². The summed E-state index contributed by atoms with van der Waals surface area (Å²) in [5.41, 5.74) is 3.66. The van der Waals surface area contributed by atoms with Gasteiger partial charge in [0.15, 0.2) is 11.0 Å². The molecule has 2 heteroatoms. The molecule has 20 heavy (non-hydrogen) atoms. The molecule has 0 amide bonds. The Bertz CT molecular complexity index is 919. The Labute approximate surface area is 117 Å². The van der Waals surface area contributed by atoms with Crippen molar-refractivity contribution in [2.45, 2.75) is 0 Å². The first kappa shape index (κ1) is 11.2. The average molecular weight is 259 g/mol. The number of hydrogen-bond acceptors (Lipinski definition) is 0. The van der Waals surface area contributed by atoms with Crippen LogP contribution in [0.5, 0.6) is 0 Å². The van der Waals surface area contributed by atoms with Crippen molar-refractivity contribution in [3.05, 3.63) is 73.1 Å². The minimum absolute atomic E-state index is 1.19. The third-order valence-electron chi connectivity index (χ3n) is 3.82. The molecule has 4 rings (SSSR count). The zero-order chi connectivity index (χ0) is 13.5. The number of fused-ring (bicyclic) bond motifs is 2. The highest BCUT2D eigenvalue weighted by Gasteiger charge is 2.14. The lowest BCUT2D eigenvalue weighted by atomic mass is 10.1. The minimum atomic E-state index is 1.19. The zero-order valence-electron chi connectivity index (χ0n) is 11.3. The molecule has 0 bridgehead atoms. The molecule has 3 aromatic carbocycles. The molecular weight excluding hydrogens is 244 g/mol. The Morgan fingerprint density at radius 3 is 2.45 bits per heavy atom. The number of imidazole rings is 1. The largest absolute Gasteiger partial charge is 0.249 e. The fourth-order valence-electron chi connectivity index (χ4n) is 2.80. The predicted octanol–water partition coefficient (Wildman–Crippen LogP) is 3.61. The van der Waals surface area contributed by atoms with Crippen LogP contribution >= 0.6 is 0 Å². The van der Waals surface area contributed by atoms with Gasteiger partial charge in [0, 0.05) is 0 Å². The molecule has 0 aliphatic heterocycles. The molecule has 0 radical (unpaired) electrons. The Kier molecular flexibility index (Phi) is 2.36. The Hall–Kier alpha value is -2.61. The third kappa shape index (κ3) is 1.62. The van der Waals surface area contributed by atoms with E-state index in [9.17, 15) is 0 Å². The van der Waals surface area contributed by atoms with Crippen LogP contribution in [0.2, 0.25) is 0 Å². The maximum Gasteiger partial charge on any atom is 0.249 e. The van der Waals surface area contributed by atoms with Crippen molar-refractivity contribution >= 4 is 21.8 Å². The van der Waals surface area contributed by atoms with Gasteiger partial charge in [-0.05, 0) is 35.0 Å². The van der Waals surface area contributed by atoms with E-state index in [1.807, 2.05) is 0 Å².